The SMILES string of the molecule is CC[n+]1c(-c2ccccc2)c2cc(N(CCN)NC(N)=O)ccc2c2c(OC(=O)C(F)(F)F)cc(N(CCN)NC(N)=O)cc21. The number of pyridine rings is 1. The van der Waals surface area contributed by atoms with E-state index in [1.165, 1.54) is 16.1 Å². The maximum Gasteiger partial charge on any atom is 0.491 e. The molecule has 4 amide bonds. The highest BCUT2D eigenvalue weighted by atomic mass is 19.4. The number of hydrogen-bond donors (Lipinski definition) is 6. The number of esters is 1. The predicted molar refractivity (Wildman–Crippen MR) is 163 cm³/mol. The Hall–Kier alpha value is -5.35. The first kappa shape index (κ1) is 32.6. The number of urea groups is 2. The lowest BCUT2D eigenvalue weighted by molar-refractivity contribution is -0.655. The van der Waals surface area contributed by atoms with Crippen LogP contribution in [0.3, 0.4) is 0 Å². The van der Waals surface area contributed by atoms with Crippen molar-refractivity contribution < 1.29 is 36.9 Å². The smallest absolute Gasteiger partial charge is 0.419 e. The van der Waals surface area contributed by atoms with Gasteiger partial charge in [-0.25, -0.2) is 25.2 Å². The molecule has 0 unspecified atom stereocenters. The van der Waals surface area contributed by atoms with Gasteiger partial charge in [0, 0.05) is 36.2 Å². The Balaban J connectivity index is 2.18. The molecule has 16 heteroatoms. The second-order valence-corrected chi connectivity index (χ2v) is 9.75. The van der Waals surface area contributed by atoms with Crippen LogP contribution in [0.4, 0.5) is 34.1 Å². The number of aromatic nitrogens is 1. The summed E-state index contributed by atoms with van der Waals surface area (Å²) in [5.41, 5.74) is 29.6. The molecule has 0 radical (unpaired) electrons. The lowest BCUT2D eigenvalue weighted by atomic mass is 9.97. The number of hydrazine groups is 2. The number of benzene rings is 3. The number of halogens is 3. The monoisotopic (exact) mass is 628 g/mol. The third kappa shape index (κ3) is 7.08. The number of alkyl halides is 3. The van der Waals surface area contributed by atoms with Crippen molar-refractivity contribution >= 4 is 51.1 Å². The van der Waals surface area contributed by atoms with E-state index < -0.39 is 30.0 Å². The predicted octanol–water partition coefficient (Wildman–Crippen LogP) is 2.13. The van der Waals surface area contributed by atoms with Gasteiger partial charge in [-0.3, -0.25) is 10.0 Å². The number of ether oxygens (including phenoxy) is 1. The van der Waals surface area contributed by atoms with Gasteiger partial charge in [0.2, 0.25) is 11.2 Å². The van der Waals surface area contributed by atoms with E-state index in [-0.39, 0.29) is 37.3 Å². The third-order valence-electron chi connectivity index (χ3n) is 6.77. The summed E-state index contributed by atoms with van der Waals surface area (Å²) >= 11 is 0. The number of primary amides is 2. The zero-order valence-electron chi connectivity index (χ0n) is 24.2. The van der Waals surface area contributed by atoms with Crippen molar-refractivity contribution in [1.82, 2.24) is 10.9 Å². The quantitative estimate of drug-likeness (QED) is 0.0477. The van der Waals surface area contributed by atoms with Gasteiger partial charge in [0.15, 0.2) is 0 Å². The Labute approximate surface area is 255 Å². The van der Waals surface area contributed by atoms with E-state index in [1.807, 2.05) is 41.8 Å². The molecule has 4 rings (SSSR count). The summed E-state index contributed by atoms with van der Waals surface area (Å²) in [7, 11) is 0. The number of nitrogens with zero attached hydrogens (tertiary/aromatic N) is 3. The molecule has 0 atom stereocenters. The minimum Gasteiger partial charge on any atom is -0.419 e. The lowest BCUT2D eigenvalue weighted by Gasteiger charge is -2.26. The zero-order chi connectivity index (χ0) is 32.9. The van der Waals surface area contributed by atoms with E-state index in [2.05, 4.69) is 10.9 Å². The number of carbonyl (C=O) groups is 3. The summed E-state index contributed by atoms with van der Waals surface area (Å²) in [4.78, 5) is 35.8. The van der Waals surface area contributed by atoms with Gasteiger partial charge in [-0.2, -0.15) is 17.7 Å². The molecule has 0 bridgehead atoms. The molecule has 1 aromatic heterocycles. The molecule has 0 saturated heterocycles. The standard InChI is InChI=1S/C29H32F3N9O4/c1-2-39-22-15-19(41(13-11-34)38-28(36)44)16-23(45-26(42)29(30,31)32)24(22)20-9-8-18(40(12-10-33)37-27(35)43)14-21(20)25(39)17-6-4-3-5-7-17/h3-9,14-16H,2,10-13,33-34H2,1H3,(H5-,35,36,37,38,43,44)/p+1. The first-order chi connectivity index (χ1) is 21.4. The van der Waals surface area contributed by atoms with Crippen LogP contribution < -0.4 is 53.1 Å². The van der Waals surface area contributed by atoms with Gasteiger partial charge in [0.05, 0.1) is 35.2 Å². The molecular weight excluding hydrogens is 595 g/mol. The number of nitrogens with one attached hydrogen (secondary N) is 2. The van der Waals surface area contributed by atoms with Gasteiger partial charge in [-0.15, -0.1) is 0 Å². The molecule has 0 saturated carbocycles. The van der Waals surface area contributed by atoms with Crippen LogP contribution in [0.2, 0.25) is 0 Å². The summed E-state index contributed by atoms with van der Waals surface area (Å²) < 4.78 is 47.4. The molecule has 0 spiro atoms. The van der Waals surface area contributed by atoms with Crippen molar-refractivity contribution in [2.75, 3.05) is 36.2 Å². The number of amides is 4. The van der Waals surface area contributed by atoms with Crippen molar-refractivity contribution in [2.24, 2.45) is 22.9 Å². The topological polar surface area (TPSA) is 199 Å². The van der Waals surface area contributed by atoms with Crippen molar-refractivity contribution in [2.45, 2.75) is 19.6 Å². The number of anilines is 2. The summed E-state index contributed by atoms with van der Waals surface area (Å²) in [6, 6.07) is 15.3. The molecular formula is C29H33F3N9O4+. The highest BCUT2D eigenvalue weighted by Crippen LogP contribution is 2.40. The molecule has 13 nitrogen and oxygen atoms in total. The van der Waals surface area contributed by atoms with Crippen LogP contribution >= 0.6 is 0 Å². The lowest BCUT2D eigenvalue weighted by Crippen LogP contribution is -2.47. The van der Waals surface area contributed by atoms with Crippen molar-refractivity contribution in [3.05, 3.63) is 60.7 Å². The normalized spacial score (nSPS) is 11.3. The molecule has 0 fully saturated rings. The maximum absolute atomic E-state index is 13.5. The second-order valence-electron chi connectivity index (χ2n) is 9.75. The fourth-order valence-corrected chi connectivity index (χ4v) is 5.10. The summed E-state index contributed by atoms with van der Waals surface area (Å²) in [6.45, 7) is 2.57. The Morgan fingerprint density at radius 3 is 1.98 bits per heavy atom. The van der Waals surface area contributed by atoms with Crippen molar-refractivity contribution in [3.63, 3.8) is 0 Å². The molecule has 1 heterocycles. The van der Waals surface area contributed by atoms with Gasteiger partial charge in [-0.1, -0.05) is 24.3 Å². The largest absolute Gasteiger partial charge is 0.491 e. The number of carbonyl (C=O) groups excluding carboxylic acids is 3. The van der Waals surface area contributed by atoms with Gasteiger partial charge >= 0.3 is 24.2 Å². The highest BCUT2D eigenvalue weighted by Gasteiger charge is 2.42. The number of nitrogens with two attached hydrogens (primary N) is 4. The fraction of sp³-hybridized carbons (Fsp3) is 0.241. The van der Waals surface area contributed by atoms with E-state index >= 15 is 0 Å². The summed E-state index contributed by atoms with van der Waals surface area (Å²) in [5.74, 6) is -2.86. The maximum atomic E-state index is 13.5. The van der Waals surface area contributed by atoms with Crippen LogP contribution in [0, 0.1) is 0 Å². The summed E-state index contributed by atoms with van der Waals surface area (Å²) in [6.07, 6.45) is -5.30. The third-order valence-corrected chi connectivity index (χ3v) is 6.77. The van der Waals surface area contributed by atoms with E-state index in [9.17, 15) is 27.6 Å². The second kappa shape index (κ2) is 13.5. The number of rotatable bonds is 11. The van der Waals surface area contributed by atoms with E-state index in [0.717, 1.165) is 5.56 Å². The Morgan fingerprint density at radius 1 is 0.844 bits per heavy atom. The Bertz CT molecular complexity index is 1740. The highest BCUT2D eigenvalue weighted by molar-refractivity contribution is 6.13. The van der Waals surface area contributed by atoms with Crippen LogP contribution in [0.1, 0.15) is 6.92 Å². The molecule has 10 N–H and O–H groups in total. The van der Waals surface area contributed by atoms with Crippen LogP contribution in [0.25, 0.3) is 32.9 Å². The molecule has 0 aliphatic rings. The van der Waals surface area contributed by atoms with Gasteiger partial charge in [-0.05, 0) is 31.2 Å². The zero-order valence-corrected chi connectivity index (χ0v) is 24.2. The molecule has 4 aromatic rings. The van der Waals surface area contributed by atoms with E-state index in [0.29, 0.717) is 34.2 Å². The average Bonchev–Trinajstić information content (AvgIpc) is 2.99. The van der Waals surface area contributed by atoms with Gasteiger partial charge in [0.1, 0.15) is 12.3 Å². The Kier molecular flexibility index (Phi) is 9.79. The first-order valence-electron chi connectivity index (χ1n) is 13.8. The molecule has 0 aliphatic carbocycles. The van der Waals surface area contributed by atoms with Gasteiger partial charge < -0.3 is 27.7 Å². The van der Waals surface area contributed by atoms with Crippen LogP contribution in [0.5, 0.6) is 5.75 Å². The Morgan fingerprint density at radius 2 is 1.44 bits per heavy atom. The fourth-order valence-electron chi connectivity index (χ4n) is 5.10. The van der Waals surface area contributed by atoms with Crippen LogP contribution in [0.15, 0.2) is 60.7 Å². The van der Waals surface area contributed by atoms with E-state index in [1.54, 1.807) is 24.3 Å². The first-order valence-corrected chi connectivity index (χ1v) is 13.8. The number of fused-ring (bicyclic) bond motifs is 3. The number of aryl methyl sites for hydroxylation is 1. The number of hydrogen-bond acceptors (Lipinski definition) is 8. The molecule has 238 valence electrons. The molecule has 45 heavy (non-hydrogen) atoms. The van der Waals surface area contributed by atoms with Crippen molar-refractivity contribution in [1.29, 1.82) is 0 Å². The van der Waals surface area contributed by atoms with Crippen molar-refractivity contribution in [3.8, 4) is 17.0 Å². The van der Waals surface area contributed by atoms with Crippen LogP contribution in [-0.4, -0.2) is 50.4 Å². The van der Waals surface area contributed by atoms with Crippen LogP contribution in [-0.2, 0) is 11.3 Å². The minimum atomic E-state index is -5.30. The summed E-state index contributed by atoms with van der Waals surface area (Å²) in [5, 5.41) is 3.86. The van der Waals surface area contributed by atoms with E-state index in [4.69, 9.17) is 27.7 Å². The molecule has 0 aliphatic heterocycles. The minimum absolute atomic E-state index is 0.0273. The average molecular weight is 629 g/mol. The van der Waals surface area contributed by atoms with Gasteiger partial charge in [0.25, 0.3) is 0 Å². The molecule has 3 aromatic carbocycles.